The predicted octanol–water partition coefficient (Wildman–Crippen LogP) is 0.714. The molecule has 0 aromatic carbocycles. The van der Waals surface area contributed by atoms with E-state index < -0.39 is 0 Å². The highest BCUT2D eigenvalue weighted by molar-refractivity contribution is 5.93. The first kappa shape index (κ1) is 14.0. The molecule has 6 heteroatoms. The van der Waals surface area contributed by atoms with Crippen LogP contribution in [0.25, 0.3) is 0 Å². The number of rotatable bonds is 2. The molecule has 0 radical (unpaired) electrons. The van der Waals surface area contributed by atoms with Crippen LogP contribution in [0.1, 0.15) is 29.0 Å². The van der Waals surface area contributed by atoms with Crippen molar-refractivity contribution >= 4 is 18.3 Å². The lowest BCUT2D eigenvalue weighted by molar-refractivity contribution is 0.0730. The minimum atomic E-state index is 0. The number of hydrogen-bond acceptors (Lipinski definition) is 3. The van der Waals surface area contributed by atoms with Crippen LogP contribution in [0.15, 0.2) is 6.07 Å². The maximum Gasteiger partial charge on any atom is 0.272 e. The molecule has 1 amide bonds. The largest absolute Gasteiger partial charge is 0.333 e. The molecule has 0 aliphatic carbocycles. The van der Waals surface area contributed by atoms with Gasteiger partial charge in [-0.15, -0.1) is 12.4 Å². The van der Waals surface area contributed by atoms with E-state index in [4.69, 9.17) is 5.73 Å². The zero-order chi connectivity index (χ0) is 11.7. The van der Waals surface area contributed by atoms with Crippen molar-refractivity contribution in [3.05, 3.63) is 17.5 Å². The van der Waals surface area contributed by atoms with Gasteiger partial charge in [0, 0.05) is 26.2 Å². The SMILES string of the molecule is Cc1cc(C(=O)N2CCCC2CN)n(C)n1.Cl. The standard InChI is InChI=1S/C11H18N4O.ClH/c1-8-6-10(14(2)13-8)11(16)15-5-3-4-9(15)7-12;/h6,9H,3-5,7,12H2,1-2H3;1H. The summed E-state index contributed by atoms with van der Waals surface area (Å²) in [5, 5.41) is 4.19. The molecule has 1 unspecified atom stereocenters. The maximum atomic E-state index is 12.3. The molecule has 1 aliphatic rings. The summed E-state index contributed by atoms with van der Waals surface area (Å²) in [7, 11) is 1.80. The molecule has 0 spiro atoms. The first-order valence-corrected chi connectivity index (χ1v) is 5.65. The maximum absolute atomic E-state index is 12.3. The zero-order valence-corrected chi connectivity index (χ0v) is 11.0. The van der Waals surface area contributed by atoms with E-state index in [1.807, 2.05) is 17.9 Å². The van der Waals surface area contributed by atoms with Crippen LogP contribution in [0.5, 0.6) is 0 Å². The highest BCUT2D eigenvalue weighted by atomic mass is 35.5. The van der Waals surface area contributed by atoms with Crippen LogP contribution >= 0.6 is 12.4 Å². The fourth-order valence-electron chi connectivity index (χ4n) is 2.31. The second-order valence-electron chi connectivity index (χ2n) is 4.32. The lowest BCUT2D eigenvalue weighted by atomic mass is 10.2. The topological polar surface area (TPSA) is 64.2 Å². The molecule has 1 saturated heterocycles. The molecule has 1 aromatic rings. The Balaban J connectivity index is 0.00000144. The van der Waals surface area contributed by atoms with E-state index in [0.29, 0.717) is 12.2 Å². The second kappa shape index (κ2) is 5.51. The third-order valence-electron chi connectivity index (χ3n) is 3.13. The normalized spacial score (nSPS) is 19.2. The minimum absolute atomic E-state index is 0. The van der Waals surface area contributed by atoms with Crippen LogP contribution in [0.2, 0.25) is 0 Å². The van der Waals surface area contributed by atoms with Crippen LogP contribution in [0, 0.1) is 6.92 Å². The third kappa shape index (κ3) is 2.61. The van der Waals surface area contributed by atoms with E-state index in [1.54, 1.807) is 11.7 Å². The molecule has 1 aliphatic heterocycles. The lowest BCUT2D eigenvalue weighted by Crippen LogP contribution is -2.40. The summed E-state index contributed by atoms with van der Waals surface area (Å²) in [6.45, 7) is 3.24. The van der Waals surface area contributed by atoms with Gasteiger partial charge in [0.05, 0.1) is 5.69 Å². The van der Waals surface area contributed by atoms with Crippen molar-refractivity contribution < 1.29 is 4.79 Å². The molecule has 1 aromatic heterocycles. The van der Waals surface area contributed by atoms with Gasteiger partial charge in [-0.2, -0.15) is 5.10 Å². The van der Waals surface area contributed by atoms with Crippen molar-refractivity contribution in [3.8, 4) is 0 Å². The number of aromatic nitrogens is 2. The molecule has 1 atom stereocenters. The van der Waals surface area contributed by atoms with Crippen LogP contribution in [-0.4, -0.2) is 39.7 Å². The van der Waals surface area contributed by atoms with E-state index in [9.17, 15) is 4.79 Å². The fourth-order valence-corrected chi connectivity index (χ4v) is 2.31. The number of amides is 1. The smallest absolute Gasteiger partial charge is 0.272 e. The number of aryl methyl sites for hydroxylation is 2. The Kier molecular flexibility index (Phi) is 4.54. The molecule has 2 heterocycles. The van der Waals surface area contributed by atoms with Gasteiger partial charge in [0.1, 0.15) is 5.69 Å². The van der Waals surface area contributed by atoms with Crippen LogP contribution in [-0.2, 0) is 7.05 Å². The number of carbonyl (C=O) groups excluding carboxylic acids is 1. The molecule has 5 nitrogen and oxygen atoms in total. The fraction of sp³-hybridized carbons (Fsp3) is 0.636. The number of nitrogens with zero attached hydrogens (tertiary/aromatic N) is 3. The summed E-state index contributed by atoms with van der Waals surface area (Å²) in [5.74, 6) is 0.0519. The van der Waals surface area contributed by atoms with Gasteiger partial charge in [-0.25, -0.2) is 0 Å². The molecule has 0 saturated carbocycles. The molecular formula is C11H19ClN4O. The quantitative estimate of drug-likeness (QED) is 0.850. The van der Waals surface area contributed by atoms with Gasteiger partial charge in [0.15, 0.2) is 0 Å². The third-order valence-corrected chi connectivity index (χ3v) is 3.13. The van der Waals surface area contributed by atoms with Crippen LogP contribution < -0.4 is 5.73 Å². The molecular weight excluding hydrogens is 240 g/mol. The van der Waals surface area contributed by atoms with Crippen molar-refractivity contribution in [2.75, 3.05) is 13.1 Å². The van der Waals surface area contributed by atoms with Gasteiger partial charge in [-0.05, 0) is 25.8 Å². The average molecular weight is 259 g/mol. The Bertz CT molecular complexity index is 404. The summed E-state index contributed by atoms with van der Waals surface area (Å²) >= 11 is 0. The van der Waals surface area contributed by atoms with Gasteiger partial charge in [-0.1, -0.05) is 0 Å². The summed E-state index contributed by atoms with van der Waals surface area (Å²) in [6.07, 6.45) is 2.06. The van der Waals surface area contributed by atoms with Crippen LogP contribution in [0.4, 0.5) is 0 Å². The first-order valence-electron chi connectivity index (χ1n) is 5.65. The summed E-state index contributed by atoms with van der Waals surface area (Å²) in [4.78, 5) is 14.1. The van der Waals surface area contributed by atoms with Gasteiger partial charge < -0.3 is 10.6 Å². The van der Waals surface area contributed by atoms with Crippen molar-refractivity contribution in [1.82, 2.24) is 14.7 Å². The molecule has 96 valence electrons. The van der Waals surface area contributed by atoms with E-state index >= 15 is 0 Å². The minimum Gasteiger partial charge on any atom is -0.333 e. The highest BCUT2D eigenvalue weighted by Gasteiger charge is 2.29. The summed E-state index contributed by atoms with van der Waals surface area (Å²) in [6, 6.07) is 2.02. The van der Waals surface area contributed by atoms with Crippen molar-refractivity contribution in [2.45, 2.75) is 25.8 Å². The Labute approximate surface area is 107 Å². The zero-order valence-electron chi connectivity index (χ0n) is 10.2. The van der Waals surface area contributed by atoms with E-state index in [0.717, 1.165) is 25.1 Å². The van der Waals surface area contributed by atoms with Crippen LogP contribution in [0.3, 0.4) is 0 Å². The van der Waals surface area contributed by atoms with Gasteiger partial charge in [0.25, 0.3) is 5.91 Å². The van der Waals surface area contributed by atoms with Gasteiger partial charge in [0.2, 0.25) is 0 Å². The number of likely N-dealkylation sites (tertiary alicyclic amines) is 1. The molecule has 2 rings (SSSR count). The van der Waals surface area contributed by atoms with Gasteiger partial charge >= 0.3 is 0 Å². The number of carbonyl (C=O) groups is 1. The number of nitrogens with two attached hydrogens (primary N) is 1. The Morgan fingerprint density at radius 3 is 2.88 bits per heavy atom. The molecule has 2 N–H and O–H groups in total. The van der Waals surface area contributed by atoms with Crippen molar-refractivity contribution in [1.29, 1.82) is 0 Å². The highest BCUT2D eigenvalue weighted by Crippen LogP contribution is 2.19. The van der Waals surface area contributed by atoms with E-state index in [-0.39, 0.29) is 24.4 Å². The molecule has 17 heavy (non-hydrogen) atoms. The first-order chi connectivity index (χ1) is 7.63. The summed E-state index contributed by atoms with van der Waals surface area (Å²) < 4.78 is 1.64. The predicted molar refractivity (Wildman–Crippen MR) is 68.3 cm³/mol. The van der Waals surface area contributed by atoms with Crippen molar-refractivity contribution in [3.63, 3.8) is 0 Å². The molecule has 1 fully saturated rings. The van der Waals surface area contributed by atoms with E-state index in [2.05, 4.69) is 5.10 Å². The Morgan fingerprint density at radius 2 is 2.35 bits per heavy atom. The summed E-state index contributed by atoms with van der Waals surface area (Å²) in [5.41, 5.74) is 7.19. The van der Waals surface area contributed by atoms with Crippen molar-refractivity contribution in [2.24, 2.45) is 12.8 Å². The second-order valence-corrected chi connectivity index (χ2v) is 4.32. The lowest BCUT2D eigenvalue weighted by Gasteiger charge is -2.23. The van der Waals surface area contributed by atoms with E-state index in [1.165, 1.54) is 0 Å². The monoisotopic (exact) mass is 258 g/mol. The number of hydrogen-bond donors (Lipinski definition) is 1. The Morgan fingerprint density at radius 1 is 1.65 bits per heavy atom. The average Bonchev–Trinajstić information content (AvgIpc) is 2.83. The number of halogens is 1. The Hall–Kier alpha value is -1.07. The molecule has 0 bridgehead atoms. The van der Waals surface area contributed by atoms with Gasteiger partial charge in [-0.3, -0.25) is 9.48 Å².